The summed E-state index contributed by atoms with van der Waals surface area (Å²) in [7, 11) is 0. The third kappa shape index (κ3) is 7.24. The average Bonchev–Trinajstić information content (AvgIpc) is 4.00. The van der Waals surface area contributed by atoms with E-state index in [1.807, 2.05) is 0 Å². The monoisotopic (exact) mass is 826 g/mol. The van der Waals surface area contributed by atoms with Crippen LogP contribution in [0.25, 0.3) is 11.3 Å². The second-order valence-electron chi connectivity index (χ2n) is 15.7. The number of nitrogens with zero attached hydrogens (tertiary/aromatic N) is 7. The first kappa shape index (κ1) is 40.2. The molecule has 3 N–H and O–H groups in total. The molecule has 1 saturated heterocycles. The topological polar surface area (TPSA) is 156 Å². The Balaban J connectivity index is 1.28. The number of benzene rings is 1. The highest BCUT2D eigenvalue weighted by Crippen LogP contribution is 2.54. The molecule has 21 heteroatoms. The second-order valence-corrected chi connectivity index (χ2v) is 16.2. The van der Waals surface area contributed by atoms with E-state index >= 15 is 4.79 Å². The van der Waals surface area contributed by atoms with E-state index in [2.05, 4.69) is 30.9 Å². The number of amides is 2. The molecule has 2 amide bonds. The molecule has 0 radical (unpaired) electrons. The van der Waals surface area contributed by atoms with Crippen LogP contribution in [0.5, 0.6) is 0 Å². The predicted molar refractivity (Wildman–Crippen MR) is 190 cm³/mol. The van der Waals surface area contributed by atoms with Crippen LogP contribution < -0.4 is 10.6 Å². The molecule has 4 aliphatic rings. The van der Waals surface area contributed by atoms with Gasteiger partial charge in [-0.05, 0) is 61.8 Å². The Kier molecular flexibility index (Phi) is 9.96. The molecule has 3 fully saturated rings. The van der Waals surface area contributed by atoms with Gasteiger partial charge in [0.05, 0.1) is 34.4 Å². The Hall–Kier alpha value is -5.01. The normalized spacial score (nSPS) is 23.9. The summed E-state index contributed by atoms with van der Waals surface area (Å²) in [5.74, 6) is -2.46. The molecule has 13 nitrogen and oxygen atoms in total. The number of aromatic nitrogens is 6. The molecule has 3 atom stereocenters. The Morgan fingerprint density at radius 3 is 2.47 bits per heavy atom. The second kappa shape index (κ2) is 14.1. The van der Waals surface area contributed by atoms with Gasteiger partial charge < -0.3 is 15.4 Å². The minimum Gasteiger partial charge on any atom is -0.447 e. The smallest absolute Gasteiger partial charge is 0.407 e. The van der Waals surface area contributed by atoms with E-state index in [0.717, 1.165) is 42.6 Å². The summed E-state index contributed by atoms with van der Waals surface area (Å²) >= 11 is 6.41. The third-order valence-electron chi connectivity index (χ3n) is 11.3. The zero-order valence-corrected chi connectivity index (χ0v) is 31.5. The van der Waals surface area contributed by atoms with E-state index in [1.54, 1.807) is 36.1 Å². The van der Waals surface area contributed by atoms with Gasteiger partial charge in [0.2, 0.25) is 0 Å². The summed E-state index contributed by atoms with van der Waals surface area (Å²) < 4.78 is 105. The molecule has 3 aromatic rings. The van der Waals surface area contributed by atoms with Gasteiger partial charge in [-0.25, -0.2) is 32.0 Å². The molecule has 1 unspecified atom stereocenters. The zero-order chi connectivity index (χ0) is 41.3. The van der Waals surface area contributed by atoms with E-state index in [4.69, 9.17) is 21.7 Å². The third-order valence-corrected chi connectivity index (χ3v) is 11.6. The van der Waals surface area contributed by atoms with E-state index in [0.29, 0.717) is 11.3 Å². The van der Waals surface area contributed by atoms with Gasteiger partial charge in [-0.2, -0.15) is 33.3 Å². The molecule has 2 aromatic heterocycles. The molecule has 7 rings (SSSR count). The lowest BCUT2D eigenvalue weighted by Gasteiger charge is -2.47. The van der Waals surface area contributed by atoms with Crippen LogP contribution in [0.15, 0.2) is 49.0 Å². The highest BCUT2D eigenvalue weighted by molar-refractivity contribution is 6.32. The van der Waals surface area contributed by atoms with Gasteiger partial charge >= 0.3 is 12.3 Å². The number of hydrogen-bond donors (Lipinski definition) is 3. The van der Waals surface area contributed by atoms with Crippen LogP contribution in [0.1, 0.15) is 94.9 Å². The van der Waals surface area contributed by atoms with Crippen molar-refractivity contribution in [2.75, 3.05) is 6.61 Å². The lowest BCUT2D eigenvalue weighted by Crippen LogP contribution is -2.62. The number of carbonyl (C=O) groups is 2. The number of alkyl halides is 7. The van der Waals surface area contributed by atoms with E-state index in [-0.39, 0.29) is 41.6 Å². The number of ether oxygens (including phenoxy) is 1. The predicted octanol–water partition coefficient (Wildman–Crippen LogP) is 7.48. The Morgan fingerprint density at radius 2 is 1.88 bits per heavy atom. The quantitative estimate of drug-likeness (QED) is 0.150. The summed E-state index contributed by atoms with van der Waals surface area (Å²) in [4.78, 5) is 34.1. The molecular weight excluding hydrogens is 789 g/mol. The van der Waals surface area contributed by atoms with Crippen LogP contribution in [0.4, 0.5) is 35.5 Å². The Bertz CT molecular complexity index is 2140. The standard InChI is InChI=1S/C36H38ClF7N10O3/c1-32(2,36(42,43)44)17-35(33(3)10-8-19(9-11-33)23-15-47-54(51-23)21-5-6-21)29(55)52(30(45)49-35)25(16-57-31(56)50-34(12-13-34)28(40)41)20-4-7-22(37)24(14-20)53-27(26(38)39)46-18-48-53/h4,7-10,14-15,18,21,25-26,28H,5-6,11-13,16-17H2,1-3H3,(H2,45,49)(H,50,56)/t25-,33?,35+/m1/s1. The van der Waals surface area contributed by atoms with Crippen molar-refractivity contribution in [3.63, 3.8) is 0 Å². The number of carbonyl (C=O) groups excluding carboxylic acids is 2. The maximum absolute atomic E-state index is 15.2. The van der Waals surface area contributed by atoms with Crippen LogP contribution in [-0.2, 0) is 9.53 Å². The number of rotatable bonds is 13. The van der Waals surface area contributed by atoms with Crippen LogP contribution in [0.3, 0.4) is 0 Å². The Labute approximate surface area is 326 Å². The minimum absolute atomic E-state index is 0.00992. The van der Waals surface area contributed by atoms with Crippen molar-refractivity contribution in [1.29, 1.82) is 5.41 Å². The number of alkyl carbamates (subject to hydrolysis) is 1. The van der Waals surface area contributed by atoms with Crippen molar-refractivity contribution in [1.82, 2.24) is 45.3 Å². The van der Waals surface area contributed by atoms with Crippen molar-refractivity contribution in [2.45, 2.75) is 101 Å². The van der Waals surface area contributed by atoms with E-state index in [1.165, 1.54) is 18.2 Å². The summed E-state index contributed by atoms with van der Waals surface area (Å²) in [5.41, 5.74) is -6.89. The lowest BCUT2D eigenvalue weighted by molar-refractivity contribution is -0.221. The molecule has 306 valence electrons. The maximum Gasteiger partial charge on any atom is 0.407 e. The Morgan fingerprint density at radius 1 is 1.16 bits per heavy atom. The summed E-state index contributed by atoms with van der Waals surface area (Å²) in [6, 6.07) is 2.49. The lowest BCUT2D eigenvalue weighted by atomic mass is 9.60. The fraction of sp³-hybridized carbons (Fsp3) is 0.528. The van der Waals surface area contributed by atoms with E-state index < -0.39 is 83.8 Å². The first-order chi connectivity index (χ1) is 26.7. The highest BCUT2D eigenvalue weighted by Gasteiger charge is 2.65. The number of allylic oxidation sites excluding steroid dienone is 3. The fourth-order valence-corrected chi connectivity index (χ4v) is 7.45. The maximum atomic E-state index is 15.2. The molecule has 3 heterocycles. The van der Waals surface area contributed by atoms with Crippen molar-refractivity contribution < 1.29 is 45.1 Å². The molecule has 2 saturated carbocycles. The molecule has 3 aliphatic carbocycles. The largest absolute Gasteiger partial charge is 0.447 e. The van der Waals surface area contributed by atoms with Crippen LogP contribution in [0.2, 0.25) is 5.02 Å². The first-order valence-electron chi connectivity index (χ1n) is 18.0. The molecule has 0 bridgehead atoms. The first-order valence-corrected chi connectivity index (χ1v) is 18.4. The summed E-state index contributed by atoms with van der Waals surface area (Å²) in [5, 5.41) is 26.7. The van der Waals surface area contributed by atoms with Gasteiger partial charge in [0.1, 0.15) is 29.7 Å². The highest BCUT2D eigenvalue weighted by atomic mass is 35.5. The van der Waals surface area contributed by atoms with Crippen molar-refractivity contribution in [3.05, 3.63) is 71.1 Å². The molecular formula is C36H38ClF7N10O3. The summed E-state index contributed by atoms with van der Waals surface area (Å²) in [6.45, 7) is 2.65. The van der Waals surface area contributed by atoms with Crippen LogP contribution in [-0.4, -0.2) is 82.9 Å². The van der Waals surface area contributed by atoms with Gasteiger partial charge in [-0.15, -0.1) is 0 Å². The average molecular weight is 827 g/mol. The number of guanidine groups is 1. The van der Waals surface area contributed by atoms with Gasteiger partial charge in [0.15, 0.2) is 11.8 Å². The zero-order valence-electron chi connectivity index (χ0n) is 30.8. The SMILES string of the molecule is CC(C)(C[C@]1(C2(C)C=CC(c3cnn(C4CC4)n3)=CC2)NC(=N)N([C@H](COC(=O)NC2(C(F)F)CC2)c2ccc(Cl)c(-n3ncnc3C(F)F)c2)C1=O)C(F)(F)F. The van der Waals surface area contributed by atoms with Crippen molar-refractivity contribution in [2.24, 2.45) is 10.8 Å². The fourth-order valence-electron chi connectivity index (χ4n) is 7.25. The molecule has 57 heavy (non-hydrogen) atoms. The van der Waals surface area contributed by atoms with Gasteiger partial charge in [0.25, 0.3) is 18.8 Å². The number of hydrogen-bond acceptors (Lipinski definition) is 8. The van der Waals surface area contributed by atoms with Crippen LogP contribution >= 0.6 is 11.6 Å². The van der Waals surface area contributed by atoms with Crippen molar-refractivity contribution in [3.8, 4) is 5.69 Å². The van der Waals surface area contributed by atoms with Gasteiger partial charge in [-0.3, -0.25) is 15.1 Å². The molecule has 1 aliphatic heterocycles. The minimum atomic E-state index is -4.82. The van der Waals surface area contributed by atoms with Gasteiger partial charge in [-0.1, -0.05) is 56.7 Å². The molecule has 1 aromatic carbocycles. The van der Waals surface area contributed by atoms with E-state index in [9.17, 15) is 35.5 Å². The van der Waals surface area contributed by atoms with Crippen LogP contribution in [0, 0.1) is 16.2 Å². The number of nitrogens with one attached hydrogen (secondary N) is 3. The summed E-state index contributed by atoms with van der Waals surface area (Å²) in [6.07, 6.45) is -3.71. The van der Waals surface area contributed by atoms with Gasteiger partial charge in [0, 0.05) is 5.41 Å². The number of halogens is 8. The molecule has 0 spiro atoms. The van der Waals surface area contributed by atoms with Crippen molar-refractivity contribution >= 4 is 35.1 Å².